The van der Waals surface area contributed by atoms with Crippen LogP contribution in [0.1, 0.15) is 80.8 Å². The van der Waals surface area contributed by atoms with Crippen molar-refractivity contribution in [1.82, 2.24) is 14.7 Å². The molecule has 0 aliphatic carbocycles. The maximum Gasteiger partial charge on any atom is 0.245 e. The van der Waals surface area contributed by atoms with Gasteiger partial charge in [0.1, 0.15) is 11.6 Å². The molecule has 1 atom stereocenters. The molecule has 0 saturated heterocycles. The number of amides is 2. The van der Waals surface area contributed by atoms with Gasteiger partial charge in [-0.3, -0.25) is 9.59 Å². The third-order valence-electron chi connectivity index (χ3n) is 5.82. The fraction of sp³-hybridized carbons (Fsp3) is 0.621. The minimum atomic E-state index is -0.234. The topological polar surface area (TPSA) is 76.5 Å². The van der Waals surface area contributed by atoms with E-state index in [1.54, 1.807) is 16.7 Å². The second-order valence-electron chi connectivity index (χ2n) is 12.6. The van der Waals surface area contributed by atoms with E-state index in [4.69, 9.17) is 9.84 Å². The lowest BCUT2D eigenvalue weighted by atomic mass is 9.84. The number of carbonyl (C=O) groups excluding carboxylic acids is 2. The van der Waals surface area contributed by atoms with Gasteiger partial charge in [0.05, 0.1) is 25.0 Å². The van der Waals surface area contributed by atoms with Crippen LogP contribution in [0, 0.1) is 17.3 Å². The number of rotatable bonds is 10. The summed E-state index contributed by atoms with van der Waals surface area (Å²) in [5.74, 6) is 1.62. The molecule has 1 aromatic carbocycles. The molecule has 200 valence electrons. The molecule has 1 heterocycles. The quantitative estimate of drug-likeness (QED) is 0.432. The Morgan fingerprint density at radius 1 is 1.06 bits per heavy atom. The van der Waals surface area contributed by atoms with Crippen LogP contribution >= 0.6 is 0 Å². The zero-order valence-electron chi connectivity index (χ0n) is 23.9. The fourth-order valence-corrected chi connectivity index (χ4v) is 4.35. The average Bonchev–Trinajstić information content (AvgIpc) is 3.15. The number of carbonyl (C=O) groups is 2. The highest BCUT2D eigenvalue weighted by Gasteiger charge is 2.25. The van der Waals surface area contributed by atoms with E-state index in [-0.39, 0.29) is 41.0 Å². The number of nitrogens with one attached hydrogen (secondary N) is 1. The zero-order chi connectivity index (χ0) is 27.3. The zero-order valence-corrected chi connectivity index (χ0v) is 23.9. The van der Waals surface area contributed by atoms with Gasteiger partial charge in [-0.2, -0.15) is 5.10 Å². The van der Waals surface area contributed by atoms with Gasteiger partial charge in [-0.05, 0) is 47.9 Å². The molecule has 7 nitrogen and oxygen atoms in total. The van der Waals surface area contributed by atoms with Crippen molar-refractivity contribution >= 4 is 17.6 Å². The van der Waals surface area contributed by atoms with Crippen LogP contribution in [0.25, 0.3) is 5.69 Å². The first-order valence-corrected chi connectivity index (χ1v) is 12.9. The summed E-state index contributed by atoms with van der Waals surface area (Å²) in [4.78, 5) is 28.1. The molecule has 1 N–H and O–H groups in total. The third kappa shape index (κ3) is 8.99. The van der Waals surface area contributed by atoms with Crippen LogP contribution in [0.2, 0.25) is 0 Å². The van der Waals surface area contributed by atoms with E-state index in [9.17, 15) is 9.59 Å². The second-order valence-corrected chi connectivity index (χ2v) is 12.6. The minimum absolute atomic E-state index is 0.0118. The van der Waals surface area contributed by atoms with Gasteiger partial charge in [-0.1, -0.05) is 62.3 Å². The molecule has 0 fully saturated rings. The normalized spacial score (nSPS) is 13.0. The Morgan fingerprint density at radius 3 is 2.17 bits per heavy atom. The molecular weight excluding hydrogens is 452 g/mol. The molecule has 0 spiro atoms. The average molecular weight is 499 g/mol. The molecule has 0 aliphatic rings. The van der Waals surface area contributed by atoms with E-state index < -0.39 is 0 Å². The summed E-state index contributed by atoms with van der Waals surface area (Å²) in [6.07, 6.45) is 1.40. The Hall–Kier alpha value is -2.83. The van der Waals surface area contributed by atoms with Gasteiger partial charge < -0.3 is 15.0 Å². The molecule has 7 heteroatoms. The Bertz CT molecular complexity index is 1010. The summed E-state index contributed by atoms with van der Waals surface area (Å²) >= 11 is 0. The van der Waals surface area contributed by atoms with E-state index >= 15 is 0 Å². The molecule has 1 unspecified atom stereocenters. The fourth-order valence-electron chi connectivity index (χ4n) is 4.35. The van der Waals surface area contributed by atoms with Crippen molar-refractivity contribution in [3.8, 4) is 11.4 Å². The third-order valence-corrected chi connectivity index (χ3v) is 5.82. The van der Waals surface area contributed by atoms with Crippen molar-refractivity contribution in [2.24, 2.45) is 17.3 Å². The van der Waals surface area contributed by atoms with Crippen molar-refractivity contribution in [3.05, 3.63) is 36.0 Å². The van der Waals surface area contributed by atoms with Gasteiger partial charge in [0, 0.05) is 24.4 Å². The predicted molar refractivity (Wildman–Crippen MR) is 147 cm³/mol. The molecular formula is C29H46N4O3. The van der Waals surface area contributed by atoms with Crippen LogP contribution in [-0.2, 0) is 15.0 Å². The summed E-state index contributed by atoms with van der Waals surface area (Å²) in [6, 6.07) is 9.43. The number of anilines is 1. The van der Waals surface area contributed by atoms with Crippen LogP contribution in [0.15, 0.2) is 30.3 Å². The summed E-state index contributed by atoms with van der Waals surface area (Å²) in [5, 5.41) is 7.79. The highest BCUT2D eigenvalue weighted by molar-refractivity contribution is 5.94. The molecule has 0 aliphatic heterocycles. The number of hydrogen-bond donors (Lipinski definition) is 1. The standard InChI is InChI=1S/C29H46N4O3/c1-20(2)18-32(27(35)15-21(3)17-28(4,5)6)19-26(34)30-25-16-24(29(7,8)9)31-33(25)22-11-13-23(36-10)14-12-22/h11-14,16,20-21H,15,17-19H2,1-10H3,(H,30,34). The van der Waals surface area contributed by atoms with Gasteiger partial charge in [0.15, 0.2) is 0 Å². The molecule has 2 aromatic rings. The second kappa shape index (κ2) is 11.9. The van der Waals surface area contributed by atoms with Gasteiger partial charge in [0.2, 0.25) is 11.8 Å². The lowest BCUT2D eigenvalue weighted by Crippen LogP contribution is -2.41. The van der Waals surface area contributed by atoms with Crippen molar-refractivity contribution in [2.75, 3.05) is 25.5 Å². The first-order chi connectivity index (χ1) is 16.6. The SMILES string of the molecule is COc1ccc(-n2nc(C(C)(C)C)cc2NC(=O)CN(CC(C)C)C(=O)CC(C)CC(C)(C)C)cc1. The number of methoxy groups -OCH3 is 1. The monoisotopic (exact) mass is 498 g/mol. The molecule has 0 saturated carbocycles. The number of benzene rings is 1. The van der Waals surface area contributed by atoms with E-state index in [1.165, 1.54) is 0 Å². The highest BCUT2D eigenvalue weighted by atomic mass is 16.5. The van der Waals surface area contributed by atoms with Crippen molar-refractivity contribution < 1.29 is 14.3 Å². The molecule has 1 aromatic heterocycles. The first kappa shape index (κ1) is 29.4. The maximum atomic E-state index is 13.2. The first-order valence-electron chi connectivity index (χ1n) is 12.9. The predicted octanol–water partition coefficient (Wildman–Crippen LogP) is 6.06. The lowest BCUT2D eigenvalue weighted by Gasteiger charge is -2.28. The van der Waals surface area contributed by atoms with Crippen molar-refractivity contribution in [2.45, 2.75) is 80.6 Å². The van der Waals surface area contributed by atoms with Gasteiger partial charge in [-0.25, -0.2) is 4.68 Å². The summed E-state index contributed by atoms with van der Waals surface area (Å²) < 4.78 is 7.01. The summed E-state index contributed by atoms with van der Waals surface area (Å²) in [5.41, 5.74) is 1.64. The number of ether oxygens (including phenoxy) is 1. The highest BCUT2D eigenvalue weighted by Crippen LogP contribution is 2.28. The van der Waals surface area contributed by atoms with Gasteiger partial charge >= 0.3 is 0 Å². The number of nitrogens with zero attached hydrogens (tertiary/aromatic N) is 3. The Balaban J connectivity index is 2.24. The Kier molecular flexibility index (Phi) is 9.75. The molecule has 2 amide bonds. The smallest absolute Gasteiger partial charge is 0.245 e. The van der Waals surface area contributed by atoms with E-state index in [0.717, 1.165) is 23.6 Å². The van der Waals surface area contributed by atoms with E-state index in [2.05, 4.69) is 67.6 Å². The van der Waals surface area contributed by atoms with Crippen LogP contribution in [0.5, 0.6) is 5.75 Å². The van der Waals surface area contributed by atoms with Gasteiger partial charge in [0.25, 0.3) is 0 Å². The Morgan fingerprint density at radius 2 is 1.67 bits per heavy atom. The number of hydrogen-bond acceptors (Lipinski definition) is 4. The molecule has 36 heavy (non-hydrogen) atoms. The summed E-state index contributed by atoms with van der Waals surface area (Å²) in [6.45, 7) is 19.6. The minimum Gasteiger partial charge on any atom is -0.497 e. The van der Waals surface area contributed by atoms with Crippen LogP contribution in [0.3, 0.4) is 0 Å². The van der Waals surface area contributed by atoms with Gasteiger partial charge in [-0.15, -0.1) is 0 Å². The van der Waals surface area contributed by atoms with Crippen LogP contribution in [0.4, 0.5) is 5.82 Å². The summed E-state index contributed by atoms with van der Waals surface area (Å²) in [7, 11) is 1.63. The van der Waals surface area contributed by atoms with Crippen LogP contribution < -0.4 is 10.1 Å². The molecule has 0 bridgehead atoms. The number of aromatic nitrogens is 2. The van der Waals surface area contributed by atoms with E-state index in [0.29, 0.717) is 18.8 Å². The molecule has 2 rings (SSSR count). The van der Waals surface area contributed by atoms with Crippen molar-refractivity contribution in [3.63, 3.8) is 0 Å². The lowest BCUT2D eigenvalue weighted by molar-refractivity contribution is -0.136. The Labute approximate surface area is 217 Å². The molecule has 0 radical (unpaired) electrons. The van der Waals surface area contributed by atoms with Crippen molar-refractivity contribution in [1.29, 1.82) is 0 Å². The van der Waals surface area contributed by atoms with Crippen LogP contribution in [-0.4, -0.2) is 46.7 Å². The maximum absolute atomic E-state index is 13.2. The largest absolute Gasteiger partial charge is 0.497 e. The van der Waals surface area contributed by atoms with E-state index in [1.807, 2.05) is 30.3 Å².